The zero-order valence-electron chi connectivity index (χ0n) is 20.4. The van der Waals surface area contributed by atoms with Crippen LogP contribution in [0, 0.1) is 11.6 Å². The van der Waals surface area contributed by atoms with Gasteiger partial charge in [0, 0.05) is 31.4 Å². The summed E-state index contributed by atoms with van der Waals surface area (Å²) in [5, 5.41) is 17.6. The first kappa shape index (κ1) is 25.1. The maximum Gasteiger partial charge on any atom is 0.393 e. The molecule has 39 heavy (non-hydrogen) atoms. The topological polar surface area (TPSA) is 80.8 Å². The van der Waals surface area contributed by atoms with Gasteiger partial charge in [0.25, 0.3) is 0 Å². The highest BCUT2D eigenvalue weighted by Gasteiger charge is 2.30. The van der Waals surface area contributed by atoms with Gasteiger partial charge in [-0.2, -0.15) is 18.3 Å². The Hall–Kier alpha value is -4.25. The highest BCUT2D eigenvalue weighted by molar-refractivity contribution is 5.94. The second kappa shape index (κ2) is 9.49. The molecular formula is C28H22F5N5O. The van der Waals surface area contributed by atoms with Gasteiger partial charge >= 0.3 is 6.18 Å². The number of nitrogens with one attached hydrogen (secondary N) is 2. The fraction of sp³-hybridized carbons (Fsp3) is 0.214. The lowest BCUT2D eigenvalue weighted by Gasteiger charge is -2.25. The largest absolute Gasteiger partial charge is 0.505 e. The molecule has 3 aromatic carbocycles. The number of benzene rings is 3. The lowest BCUT2D eigenvalue weighted by Crippen LogP contribution is -2.30. The van der Waals surface area contributed by atoms with E-state index < -0.39 is 24.2 Å². The molecule has 5 aromatic rings. The van der Waals surface area contributed by atoms with Gasteiger partial charge in [0.1, 0.15) is 11.5 Å². The number of hydrogen-bond donors (Lipinski definition) is 3. The van der Waals surface area contributed by atoms with Gasteiger partial charge in [0.05, 0.1) is 23.3 Å². The first-order valence-corrected chi connectivity index (χ1v) is 12.2. The third-order valence-corrected chi connectivity index (χ3v) is 6.89. The van der Waals surface area contributed by atoms with E-state index >= 15 is 0 Å². The number of H-pyrrole nitrogens is 2. The minimum atomic E-state index is -4.53. The molecule has 3 heterocycles. The van der Waals surface area contributed by atoms with Gasteiger partial charge in [-0.1, -0.05) is 18.2 Å². The van der Waals surface area contributed by atoms with Gasteiger partial charge in [-0.3, -0.25) is 10.00 Å². The Kier molecular flexibility index (Phi) is 6.10. The zero-order chi connectivity index (χ0) is 27.3. The summed E-state index contributed by atoms with van der Waals surface area (Å²) in [5.74, 6) is -1.54. The minimum absolute atomic E-state index is 0.0374. The Morgan fingerprint density at radius 3 is 2.56 bits per heavy atom. The summed E-state index contributed by atoms with van der Waals surface area (Å²) in [4.78, 5) is 10.3. The molecule has 6 rings (SSSR count). The van der Waals surface area contributed by atoms with E-state index in [1.165, 1.54) is 12.1 Å². The number of alkyl halides is 3. The van der Waals surface area contributed by atoms with Crippen molar-refractivity contribution < 1.29 is 27.1 Å². The van der Waals surface area contributed by atoms with E-state index in [1.54, 1.807) is 30.3 Å². The molecule has 3 N–H and O–H groups in total. The number of fused-ring (bicyclic) bond motifs is 2. The predicted octanol–water partition coefficient (Wildman–Crippen LogP) is 6.27. The van der Waals surface area contributed by atoms with E-state index in [0.717, 1.165) is 42.0 Å². The summed E-state index contributed by atoms with van der Waals surface area (Å²) in [6, 6.07) is 13.1. The van der Waals surface area contributed by atoms with Gasteiger partial charge < -0.3 is 10.1 Å². The summed E-state index contributed by atoms with van der Waals surface area (Å²) >= 11 is 0. The van der Waals surface area contributed by atoms with E-state index in [1.807, 2.05) is 0 Å². The second-order valence-corrected chi connectivity index (χ2v) is 9.68. The van der Waals surface area contributed by atoms with Crippen molar-refractivity contribution >= 4 is 10.9 Å². The number of phenolic OH excluding ortho intramolecular Hbond substituents is 1. The normalized spacial score (nSPS) is 14.2. The van der Waals surface area contributed by atoms with E-state index in [2.05, 4.69) is 20.1 Å². The molecule has 1 aliphatic rings. The molecule has 6 nitrogen and oxygen atoms in total. The molecule has 0 bridgehead atoms. The number of imidazole rings is 1. The molecule has 2 aromatic heterocycles. The van der Waals surface area contributed by atoms with Gasteiger partial charge in [-0.15, -0.1) is 0 Å². The third-order valence-electron chi connectivity index (χ3n) is 6.89. The summed E-state index contributed by atoms with van der Waals surface area (Å²) in [5.41, 5.74) is 4.17. The fourth-order valence-electron chi connectivity index (χ4n) is 5.05. The number of hydrogen-bond acceptors (Lipinski definition) is 4. The van der Waals surface area contributed by atoms with Crippen LogP contribution in [0.3, 0.4) is 0 Å². The molecule has 0 fully saturated rings. The number of phenols is 1. The van der Waals surface area contributed by atoms with Crippen LogP contribution < -0.4 is 0 Å². The Morgan fingerprint density at radius 1 is 1.00 bits per heavy atom. The van der Waals surface area contributed by atoms with Gasteiger partial charge in [0.2, 0.25) is 0 Å². The van der Waals surface area contributed by atoms with Crippen LogP contribution in [-0.2, 0) is 25.9 Å². The number of rotatable bonds is 5. The van der Waals surface area contributed by atoms with Crippen molar-refractivity contribution in [1.29, 1.82) is 0 Å². The second-order valence-electron chi connectivity index (χ2n) is 9.68. The molecule has 0 saturated heterocycles. The van der Waals surface area contributed by atoms with Crippen molar-refractivity contribution in [2.24, 2.45) is 0 Å². The maximum absolute atomic E-state index is 14.1. The Morgan fingerprint density at radius 2 is 1.79 bits per heavy atom. The fourth-order valence-corrected chi connectivity index (χ4v) is 5.05. The number of nitrogens with zero attached hydrogens (tertiary/aromatic N) is 3. The van der Waals surface area contributed by atoms with Crippen molar-refractivity contribution in [3.05, 3.63) is 88.7 Å². The molecule has 200 valence electrons. The van der Waals surface area contributed by atoms with Crippen LogP contribution in [0.1, 0.15) is 22.5 Å². The van der Waals surface area contributed by atoms with Crippen LogP contribution in [0.4, 0.5) is 22.0 Å². The molecule has 0 aliphatic carbocycles. The van der Waals surface area contributed by atoms with Gasteiger partial charge in [-0.05, 0) is 58.7 Å². The van der Waals surface area contributed by atoms with Crippen molar-refractivity contribution in [1.82, 2.24) is 25.1 Å². The van der Waals surface area contributed by atoms with E-state index in [0.29, 0.717) is 41.1 Å². The predicted molar refractivity (Wildman–Crippen MR) is 135 cm³/mol. The summed E-state index contributed by atoms with van der Waals surface area (Å²) in [7, 11) is 0. The molecule has 0 saturated carbocycles. The van der Waals surface area contributed by atoms with Crippen molar-refractivity contribution in [2.45, 2.75) is 32.1 Å². The van der Waals surface area contributed by atoms with Crippen molar-refractivity contribution in [3.8, 4) is 28.4 Å². The van der Waals surface area contributed by atoms with Crippen LogP contribution in [0.5, 0.6) is 5.75 Å². The first-order valence-electron chi connectivity index (χ1n) is 12.2. The quantitative estimate of drug-likeness (QED) is 0.230. The summed E-state index contributed by atoms with van der Waals surface area (Å²) < 4.78 is 66.8. The highest BCUT2D eigenvalue weighted by atomic mass is 19.4. The molecular weight excluding hydrogens is 517 g/mol. The first-order chi connectivity index (χ1) is 18.6. The molecule has 0 radical (unpaired) electrons. The van der Waals surface area contributed by atoms with Crippen molar-refractivity contribution in [2.75, 3.05) is 6.54 Å². The van der Waals surface area contributed by atoms with Gasteiger partial charge in [-0.25, -0.2) is 13.8 Å². The molecule has 1 aliphatic heterocycles. The lowest BCUT2D eigenvalue weighted by atomic mass is 9.96. The number of aromatic amines is 2. The Bertz CT molecular complexity index is 1670. The zero-order valence-corrected chi connectivity index (χ0v) is 20.4. The monoisotopic (exact) mass is 539 g/mol. The van der Waals surface area contributed by atoms with Crippen LogP contribution in [-0.4, -0.2) is 42.9 Å². The van der Waals surface area contributed by atoms with Crippen LogP contribution in [0.25, 0.3) is 33.5 Å². The van der Waals surface area contributed by atoms with Gasteiger partial charge in [0.15, 0.2) is 17.4 Å². The number of aromatic nitrogens is 4. The molecule has 11 heteroatoms. The molecule has 0 amide bonds. The van der Waals surface area contributed by atoms with E-state index in [9.17, 15) is 27.1 Å². The highest BCUT2D eigenvalue weighted by Crippen LogP contribution is 2.36. The van der Waals surface area contributed by atoms with Crippen molar-refractivity contribution in [3.63, 3.8) is 0 Å². The van der Waals surface area contributed by atoms with E-state index in [4.69, 9.17) is 4.98 Å². The smallest absolute Gasteiger partial charge is 0.393 e. The number of aromatic hydroxyl groups is 1. The average Bonchev–Trinajstić information content (AvgIpc) is 3.50. The number of halogens is 5. The summed E-state index contributed by atoms with van der Waals surface area (Å²) in [6.07, 6.45) is -5.11. The Labute approximate surface area is 219 Å². The SMILES string of the molecule is Oc1cc(CC(F)(F)F)c(-c2ccc3c(-c4nc5c([nH]4)CN(Cc4ccc(F)cc4)CC5)n[nH]c3c2)cc1F. The Balaban J connectivity index is 1.28. The standard InChI is InChI=1S/C28H22F5N5O/c29-18-4-1-15(2-5-18)13-38-8-7-22-24(14-38)35-27(34-22)26-19-6-3-16(9-23(19)36-37-26)20-11-21(30)25(39)10-17(20)12-28(31,32)33/h1-6,9-11,39H,7-8,12-14H2,(H,34,35)(H,36,37). The maximum atomic E-state index is 14.1. The average molecular weight is 540 g/mol. The third kappa shape index (κ3) is 5.09. The molecule has 0 unspecified atom stereocenters. The summed E-state index contributed by atoms with van der Waals surface area (Å²) in [6.45, 7) is 2.11. The van der Waals surface area contributed by atoms with E-state index in [-0.39, 0.29) is 16.9 Å². The molecule has 0 spiro atoms. The van der Waals surface area contributed by atoms with Crippen LogP contribution in [0.2, 0.25) is 0 Å². The van der Waals surface area contributed by atoms with Crippen LogP contribution >= 0.6 is 0 Å². The van der Waals surface area contributed by atoms with Crippen LogP contribution in [0.15, 0.2) is 54.6 Å². The molecule has 0 atom stereocenters. The lowest BCUT2D eigenvalue weighted by molar-refractivity contribution is -0.127. The minimum Gasteiger partial charge on any atom is -0.505 e.